The van der Waals surface area contributed by atoms with E-state index in [0.717, 1.165) is 10.6 Å². The van der Waals surface area contributed by atoms with E-state index in [1.54, 1.807) is 6.08 Å². The van der Waals surface area contributed by atoms with E-state index in [1.807, 2.05) is 44.2 Å². The molecule has 1 N–H and O–H groups in total. The summed E-state index contributed by atoms with van der Waals surface area (Å²) in [6.07, 6.45) is 1.68. The molecule has 0 spiro atoms. The summed E-state index contributed by atoms with van der Waals surface area (Å²) in [7, 11) is 0. The van der Waals surface area contributed by atoms with E-state index in [9.17, 15) is 4.79 Å². The Balaban J connectivity index is 1.98. The van der Waals surface area contributed by atoms with E-state index in [0.29, 0.717) is 5.17 Å². The fourth-order valence-corrected chi connectivity index (χ4v) is 2.85. The van der Waals surface area contributed by atoms with E-state index in [4.69, 9.17) is 5.41 Å². The number of carbonyl (C=O) groups excluding carboxylic acids is 1. The first-order chi connectivity index (χ1) is 10.1. The summed E-state index contributed by atoms with van der Waals surface area (Å²) in [4.78, 5) is 16.2. The first kappa shape index (κ1) is 13.8. The van der Waals surface area contributed by atoms with Crippen molar-refractivity contribution in [2.24, 2.45) is 16.0 Å². The summed E-state index contributed by atoms with van der Waals surface area (Å²) in [5.41, 5.74) is 1.13. The molecule has 3 rings (SSSR count). The van der Waals surface area contributed by atoms with Crippen molar-refractivity contribution in [1.29, 1.82) is 5.41 Å². The fourth-order valence-electron chi connectivity index (χ4n) is 1.96. The highest BCUT2D eigenvalue weighted by molar-refractivity contribution is 8.27. The maximum atomic E-state index is 12.1. The zero-order chi connectivity index (χ0) is 15.0. The molecule has 2 aliphatic rings. The third-order valence-corrected chi connectivity index (χ3v) is 4.28. The number of hydrazone groups is 1. The quantitative estimate of drug-likeness (QED) is 0.853. The molecule has 0 atom stereocenters. The van der Waals surface area contributed by atoms with Gasteiger partial charge in [-0.15, -0.1) is 0 Å². The molecule has 0 aromatic heterocycles. The van der Waals surface area contributed by atoms with Crippen molar-refractivity contribution < 1.29 is 4.79 Å². The Hall–Kier alpha value is -2.21. The average molecular weight is 298 g/mol. The highest BCUT2D eigenvalue weighted by Gasteiger charge is 2.36. The standard InChI is InChI=1S/C15H14N4OS/c1-9(2)14-18-19-12(16)11(13(20)17-15(19)21-14)8-10-6-4-3-5-7-10/h3-9,16H,1-2H3. The molecule has 1 aromatic rings. The summed E-state index contributed by atoms with van der Waals surface area (Å²) in [5.74, 6) is -0.0624. The van der Waals surface area contributed by atoms with Gasteiger partial charge in [0.2, 0.25) is 5.17 Å². The Labute approximate surface area is 127 Å². The van der Waals surface area contributed by atoms with Crippen molar-refractivity contribution in [3.05, 3.63) is 41.5 Å². The molecule has 0 aliphatic carbocycles. The van der Waals surface area contributed by atoms with Gasteiger partial charge in [0.15, 0.2) is 5.84 Å². The molecule has 0 bridgehead atoms. The van der Waals surface area contributed by atoms with Gasteiger partial charge in [-0.25, -0.2) is 0 Å². The van der Waals surface area contributed by atoms with Gasteiger partial charge in [-0.3, -0.25) is 10.2 Å². The highest BCUT2D eigenvalue weighted by Crippen LogP contribution is 2.30. The van der Waals surface area contributed by atoms with Crippen LogP contribution in [0.3, 0.4) is 0 Å². The van der Waals surface area contributed by atoms with Crippen LogP contribution in [0.1, 0.15) is 19.4 Å². The number of hydrogen-bond donors (Lipinski definition) is 1. The molecule has 21 heavy (non-hydrogen) atoms. The molecule has 1 amide bonds. The number of nitrogens with one attached hydrogen (secondary N) is 1. The molecule has 0 fully saturated rings. The summed E-state index contributed by atoms with van der Waals surface area (Å²) >= 11 is 1.36. The molecule has 0 saturated heterocycles. The highest BCUT2D eigenvalue weighted by atomic mass is 32.2. The maximum absolute atomic E-state index is 12.1. The molecule has 106 valence electrons. The van der Waals surface area contributed by atoms with Crippen LogP contribution in [0.25, 0.3) is 6.08 Å². The van der Waals surface area contributed by atoms with Crippen LogP contribution in [0.4, 0.5) is 0 Å². The van der Waals surface area contributed by atoms with Gasteiger partial charge in [-0.1, -0.05) is 44.2 Å². The lowest BCUT2D eigenvalue weighted by Gasteiger charge is -2.20. The number of amides is 1. The fraction of sp³-hybridized carbons (Fsp3) is 0.200. The molecule has 0 radical (unpaired) electrons. The molecule has 2 heterocycles. The molecular weight excluding hydrogens is 284 g/mol. The van der Waals surface area contributed by atoms with Gasteiger partial charge in [-0.05, 0) is 23.4 Å². The third kappa shape index (κ3) is 2.54. The van der Waals surface area contributed by atoms with Crippen LogP contribution in [-0.4, -0.2) is 27.0 Å². The van der Waals surface area contributed by atoms with E-state index >= 15 is 0 Å². The van der Waals surface area contributed by atoms with E-state index in [1.165, 1.54) is 16.8 Å². The lowest BCUT2D eigenvalue weighted by atomic mass is 10.1. The largest absolute Gasteiger partial charge is 0.283 e. The lowest BCUT2D eigenvalue weighted by Crippen LogP contribution is -2.35. The zero-order valence-electron chi connectivity index (χ0n) is 11.7. The van der Waals surface area contributed by atoms with Crippen molar-refractivity contribution >= 4 is 39.8 Å². The summed E-state index contributed by atoms with van der Waals surface area (Å²) < 4.78 is 0. The smallest absolute Gasteiger partial charge is 0.282 e. The Morgan fingerprint density at radius 2 is 2.00 bits per heavy atom. The predicted octanol–water partition coefficient (Wildman–Crippen LogP) is 2.96. The summed E-state index contributed by atoms with van der Waals surface area (Å²) in [5, 5.41) is 15.4. The number of aliphatic imine (C=N–C) groups is 1. The molecule has 0 unspecified atom stereocenters. The molecular formula is C15H14N4OS. The van der Waals surface area contributed by atoms with E-state index in [2.05, 4.69) is 10.1 Å². The van der Waals surface area contributed by atoms with E-state index < -0.39 is 0 Å². The van der Waals surface area contributed by atoms with E-state index in [-0.39, 0.29) is 23.2 Å². The first-order valence-corrected chi connectivity index (χ1v) is 7.43. The van der Waals surface area contributed by atoms with Crippen LogP contribution in [-0.2, 0) is 4.79 Å². The normalized spacial score (nSPS) is 20.0. The third-order valence-electron chi connectivity index (χ3n) is 3.07. The van der Waals surface area contributed by atoms with Crippen molar-refractivity contribution in [2.75, 3.05) is 0 Å². The number of benzene rings is 1. The Morgan fingerprint density at radius 1 is 1.29 bits per heavy atom. The Kier molecular flexibility index (Phi) is 3.47. The Bertz CT molecular complexity index is 704. The summed E-state index contributed by atoms with van der Waals surface area (Å²) in [6.45, 7) is 4.05. The second-order valence-corrected chi connectivity index (χ2v) is 6.01. The van der Waals surface area contributed by atoms with Crippen LogP contribution >= 0.6 is 11.8 Å². The summed E-state index contributed by atoms with van der Waals surface area (Å²) in [6, 6.07) is 9.45. The van der Waals surface area contributed by atoms with Crippen LogP contribution in [0.5, 0.6) is 0 Å². The number of hydrogen-bond acceptors (Lipinski definition) is 4. The van der Waals surface area contributed by atoms with Crippen LogP contribution < -0.4 is 0 Å². The maximum Gasteiger partial charge on any atom is 0.283 e. The number of carbonyl (C=O) groups is 1. The molecule has 2 aliphatic heterocycles. The predicted molar refractivity (Wildman–Crippen MR) is 86.3 cm³/mol. The second kappa shape index (κ2) is 5.29. The molecule has 1 aromatic carbocycles. The number of nitrogens with zero attached hydrogens (tertiary/aromatic N) is 3. The van der Waals surface area contributed by atoms with Crippen LogP contribution in [0.2, 0.25) is 0 Å². The van der Waals surface area contributed by atoms with Crippen molar-refractivity contribution in [2.45, 2.75) is 13.8 Å². The van der Waals surface area contributed by atoms with Crippen LogP contribution in [0, 0.1) is 11.3 Å². The topological polar surface area (TPSA) is 68.9 Å². The van der Waals surface area contributed by atoms with Crippen molar-refractivity contribution in [1.82, 2.24) is 5.01 Å². The van der Waals surface area contributed by atoms with Crippen molar-refractivity contribution in [3.63, 3.8) is 0 Å². The number of rotatable bonds is 2. The SMILES string of the molecule is CC(C)C1=NN2C(=N)C(=Cc3ccccc3)C(=O)N=C2S1. The molecule has 6 heteroatoms. The Morgan fingerprint density at radius 3 is 2.67 bits per heavy atom. The van der Waals surface area contributed by atoms with Crippen molar-refractivity contribution in [3.8, 4) is 0 Å². The minimum absolute atomic E-state index is 0.0806. The zero-order valence-corrected chi connectivity index (χ0v) is 12.5. The average Bonchev–Trinajstić information content (AvgIpc) is 2.89. The van der Waals surface area contributed by atoms with Gasteiger partial charge in [0.05, 0.1) is 5.57 Å². The van der Waals surface area contributed by atoms with Gasteiger partial charge >= 0.3 is 0 Å². The van der Waals surface area contributed by atoms with Gasteiger partial charge in [0, 0.05) is 5.92 Å². The van der Waals surface area contributed by atoms with Gasteiger partial charge in [-0.2, -0.15) is 15.1 Å². The monoisotopic (exact) mass is 298 g/mol. The number of fused-ring (bicyclic) bond motifs is 1. The minimum Gasteiger partial charge on any atom is -0.282 e. The van der Waals surface area contributed by atoms with Gasteiger partial charge < -0.3 is 0 Å². The first-order valence-electron chi connectivity index (χ1n) is 6.61. The lowest BCUT2D eigenvalue weighted by molar-refractivity contribution is -0.114. The number of amidine groups is 2. The van der Waals surface area contributed by atoms with Crippen LogP contribution in [0.15, 0.2) is 46.0 Å². The number of thioether (sulfide) groups is 1. The molecule has 0 saturated carbocycles. The molecule has 5 nitrogen and oxygen atoms in total. The minimum atomic E-state index is -0.386. The van der Waals surface area contributed by atoms with Gasteiger partial charge in [0.1, 0.15) is 5.04 Å². The second-order valence-electron chi connectivity index (χ2n) is 5.02. The van der Waals surface area contributed by atoms with Gasteiger partial charge in [0.25, 0.3) is 5.91 Å².